The minimum atomic E-state index is -3.60. The van der Waals surface area contributed by atoms with E-state index in [2.05, 4.69) is 15.4 Å². The summed E-state index contributed by atoms with van der Waals surface area (Å²) in [5.41, 5.74) is -0.151. The number of halogens is 1. The van der Waals surface area contributed by atoms with Gasteiger partial charge in [-0.15, -0.1) is 0 Å². The highest BCUT2D eigenvalue weighted by atomic mass is 32.2. The Balaban J connectivity index is 1.31. The van der Waals surface area contributed by atoms with Crippen LogP contribution in [0.4, 0.5) is 9.18 Å². The van der Waals surface area contributed by atoms with Crippen LogP contribution < -0.4 is 20.1 Å². The standard InChI is InChI=1S/C23H33FN4O5S/c24-19-7-6-18(14-20(19)33-15-17-4-5-17)23(9-10-25-16-23)27-34(31,32)13-3-1-2-11-28-12-8-21(29)26-22(28)30/h6-7,14,17,25,27H,1-5,8-13,15-16H2,(H,26,29,30). The van der Waals surface area contributed by atoms with Crippen molar-refractivity contribution in [2.45, 2.75) is 50.5 Å². The number of imide groups is 1. The summed E-state index contributed by atoms with van der Waals surface area (Å²) in [4.78, 5) is 24.5. The number of carbonyl (C=O) groups is 2. The van der Waals surface area contributed by atoms with Gasteiger partial charge in [-0.2, -0.15) is 0 Å². The van der Waals surface area contributed by atoms with E-state index >= 15 is 0 Å². The molecule has 0 aromatic heterocycles. The molecule has 1 atom stereocenters. The molecule has 1 aromatic carbocycles. The summed E-state index contributed by atoms with van der Waals surface area (Å²) in [5, 5.41) is 5.50. The number of hydrogen-bond donors (Lipinski definition) is 3. The lowest BCUT2D eigenvalue weighted by atomic mass is 9.90. The molecular formula is C23H33FN4O5S. The highest BCUT2D eigenvalue weighted by Crippen LogP contribution is 2.34. The lowest BCUT2D eigenvalue weighted by Crippen LogP contribution is -2.49. The Morgan fingerprint density at radius 2 is 2.03 bits per heavy atom. The molecule has 3 fully saturated rings. The molecular weight excluding hydrogens is 463 g/mol. The number of carbonyl (C=O) groups excluding carboxylic acids is 2. The third-order valence-corrected chi connectivity index (χ3v) is 8.17. The Kier molecular flexibility index (Phi) is 7.73. The fraction of sp³-hybridized carbons (Fsp3) is 0.652. The van der Waals surface area contributed by atoms with Crippen LogP contribution in [0, 0.1) is 11.7 Å². The van der Waals surface area contributed by atoms with Crippen molar-refractivity contribution in [2.24, 2.45) is 5.92 Å². The molecule has 34 heavy (non-hydrogen) atoms. The maximum absolute atomic E-state index is 14.3. The molecule has 3 aliphatic rings. The first kappa shape index (κ1) is 24.9. The number of urea groups is 1. The topological polar surface area (TPSA) is 117 Å². The molecule has 1 unspecified atom stereocenters. The van der Waals surface area contributed by atoms with Crippen molar-refractivity contribution in [1.29, 1.82) is 0 Å². The number of amides is 3. The molecule has 3 N–H and O–H groups in total. The molecule has 2 heterocycles. The Morgan fingerprint density at radius 3 is 2.74 bits per heavy atom. The molecule has 9 nitrogen and oxygen atoms in total. The molecule has 1 aliphatic carbocycles. The first-order valence-electron chi connectivity index (χ1n) is 12.0. The minimum Gasteiger partial charge on any atom is -0.490 e. The summed E-state index contributed by atoms with van der Waals surface area (Å²) < 4.78 is 48.7. The van der Waals surface area contributed by atoms with Crippen molar-refractivity contribution >= 4 is 22.0 Å². The molecule has 188 valence electrons. The molecule has 1 aromatic rings. The van der Waals surface area contributed by atoms with E-state index in [1.807, 2.05) is 0 Å². The lowest BCUT2D eigenvalue weighted by Gasteiger charge is -2.30. The number of ether oxygens (including phenoxy) is 1. The van der Waals surface area contributed by atoms with E-state index in [4.69, 9.17) is 4.74 Å². The van der Waals surface area contributed by atoms with E-state index in [1.54, 1.807) is 17.0 Å². The first-order valence-corrected chi connectivity index (χ1v) is 13.7. The number of benzene rings is 1. The molecule has 4 rings (SSSR count). The highest BCUT2D eigenvalue weighted by Gasteiger charge is 2.39. The van der Waals surface area contributed by atoms with Gasteiger partial charge in [-0.25, -0.2) is 22.3 Å². The first-order chi connectivity index (χ1) is 16.3. The number of sulfonamides is 1. The second kappa shape index (κ2) is 10.6. The van der Waals surface area contributed by atoms with Gasteiger partial charge in [0.05, 0.1) is 17.9 Å². The van der Waals surface area contributed by atoms with Gasteiger partial charge in [-0.05, 0) is 62.3 Å². The van der Waals surface area contributed by atoms with Gasteiger partial charge >= 0.3 is 6.03 Å². The third kappa shape index (κ3) is 6.45. The average molecular weight is 497 g/mol. The number of nitrogens with one attached hydrogen (secondary N) is 3. The number of unbranched alkanes of at least 4 members (excludes halogenated alkanes) is 2. The summed E-state index contributed by atoms with van der Waals surface area (Å²) in [7, 11) is -3.60. The minimum absolute atomic E-state index is 0.0360. The maximum atomic E-state index is 14.3. The fourth-order valence-electron chi connectivity index (χ4n) is 4.42. The summed E-state index contributed by atoms with van der Waals surface area (Å²) in [6, 6.07) is 4.21. The molecule has 0 bridgehead atoms. The van der Waals surface area contributed by atoms with Crippen LogP contribution in [0.2, 0.25) is 0 Å². The Morgan fingerprint density at radius 1 is 1.21 bits per heavy atom. The van der Waals surface area contributed by atoms with Crippen LogP contribution in [0.5, 0.6) is 5.75 Å². The van der Waals surface area contributed by atoms with Crippen molar-refractivity contribution < 1.29 is 27.1 Å². The van der Waals surface area contributed by atoms with Crippen LogP contribution in [0.25, 0.3) is 0 Å². The van der Waals surface area contributed by atoms with Crippen molar-refractivity contribution in [3.63, 3.8) is 0 Å². The van der Waals surface area contributed by atoms with E-state index in [-0.39, 0.29) is 29.9 Å². The average Bonchev–Trinajstić information content (AvgIpc) is 3.50. The van der Waals surface area contributed by atoms with Gasteiger partial charge in [0, 0.05) is 26.1 Å². The van der Waals surface area contributed by atoms with Crippen LogP contribution in [0.15, 0.2) is 18.2 Å². The second-order valence-electron chi connectivity index (χ2n) is 9.48. The number of rotatable bonds is 12. The highest BCUT2D eigenvalue weighted by molar-refractivity contribution is 7.89. The molecule has 0 spiro atoms. The maximum Gasteiger partial charge on any atom is 0.324 e. The van der Waals surface area contributed by atoms with Crippen LogP contribution in [-0.4, -0.2) is 63.8 Å². The molecule has 3 amide bonds. The van der Waals surface area contributed by atoms with Crippen molar-refractivity contribution in [2.75, 3.05) is 38.5 Å². The summed E-state index contributed by atoms with van der Waals surface area (Å²) in [5.74, 6) is -0.100. The van der Waals surface area contributed by atoms with Crippen molar-refractivity contribution in [1.82, 2.24) is 20.3 Å². The van der Waals surface area contributed by atoms with Gasteiger partial charge in [0.15, 0.2) is 11.6 Å². The quantitative estimate of drug-likeness (QED) is 0.380. The Hall–Kier alpha value is -2.24. The van der Waals surface area contributed by atoms with Crippen LogP contribution in [-0.2, 0) is 20.4 Å². The zero-order chi connectivity index (χ0) is 24.2. The number of hydrogen-bond acceptors (Lipinski definition) is 6. The van der Waals surface area contributed by atoms with E-state index in [0.717, 1.165) is 12.8 Å². The van der Waals surface area contributed by atoms with E-state index < -0.39 is 21.4 Å². The molecule has 1 saturated carbocycles. The van der Waals surface area contributed by atoms with Gasteiger partial charge in [0.25, 0.3) is 0 Å². The normalized spacial score (nSPS) is 23.3. The van der Waals surface area contributed by atoms with E-state index in [0.29, 0.717) is 70.0 Å². The predicted octanol–water partition coefficient (Wildman–Crippen LogP) is 1.83. The molecule has 2 saturated heterocycles. The van der Waals surface area contributed by atoms with Gasteiger partial charge < -0.3 is 15.0 Å². The molecule has 0 radical (unpaired) electrons. The predicted molar refractivity (Wildman–Crippen MR) is 124 cm³/mol. The van der Waals surface area contributed by atoms with Crippen molar-refractivity contribution in [3.8, 4) is 5.75 Å². The number of nitrogens with zero attached hydrogens (tertiary/aromatic N) is 1. The lowest BCUT2D eigenvalue weighted by molar-refractivity contribution is -0.121. The summed E-state index contributed by atoms with van der Waals surface area (Å²) >= 11 is 0. The smallest absolute Gasteiger partial charge is 0.324 e. The van der Waals surface area contributed by atoms with Gasteiger partial charge in [-0.3, -0.25) is 10.1 Å². The third-order valence-electron chi connectivity index (χ3n) is 6.64. The Bertz CT molecular complexity index is 1010. The van der Waals surface area contributed by atoms with Crippen LogP contribution in [0.1, 0.15) is 50.5 Å². The van der Waals surface area contributed by atoms with Crippen LogP contribution >= 0.6 is 0 Å². The SMILES string of the molecule is O=C1CCN(CCCCCS(=O)(=O)NC2(c3ccc(F)c(OCC4CC4)c3)CCNC2)C(=O)N1. The summed E-state index contributed by atoms with van der Waals surface area (Å²) in [6.45, 7) is 2.43. The van der Waals surface area contributed by atoms with Gasteiger partial charge in [-0.1, -0.05) is 12.5 Å². The monoisotopic (exact) mass is 496 g/mol. The molecule has 2 aliphatic heterocycles. The Labute approximate surface area is 199 Å². The van der Waals surface area contributed by atoms with E-state index in [9.17, 15) is 22.4 Å². The van der Waals surface area contributed by atoms with Gasteiger partial charge in [0.1, 0.15) is 0 Å². The van der Waals surface area contributed by atoms with Crippen LogP contribution in [0.3, 0.4) is 0 Å². The molecule has 11 heteroatoms. The van der Waals surface area contributed by atoms with E-state index in [1.165, 1.54) is 6.07 Å². The zero-order valence-electron chi connectivity index (χ0n) is 19.3. The van der Waals surface area contributed by atoms with Crippen molar-refractivity contribution in [3.05, 3.63) is 29.6 Å². The van der Waals surface area contributed by atoms with Gasteiger partial charge in [0.2, 0.25) is 15.9 Å². The zero-order valence-corrected chi connectivity index (χ0v) is 20.1. The fourth-order valence-corrected chi connectivity index (χ4v) is 5.99. The second-order valence-corrected chi connectivity index (χ2v) is 11.3. The summed E-state index contributed by atoms with van der Waals surface area (Å²) in [6.07, 6.45) is 4.79. The largest absolute Gasteiger partial charge is 0.490 e.